The second-order valence-corrected chi connectivity index (χ2v) is 10.1. The van der Waals surface area contributed by atoms with Gasteiger partial charge in [0.2, 0.25) is 0 Å². The first-order valence-corrected chi connectivity index (χ1v) is 12.7. The van der Waals surface area contributed by atoms with Crippen LogP contribution in [-0.4, -0.2) is 94.9 Å². The minimum atomic E-state index is -0.508. The minimum absolute atomic E-state index is 0.508. The molecule has 5 heterocycles. The molecule has 2 aliphatic heterocycles. The fourth-order valence-corrected chi connectivity index (χ4v) is 6.00. The van der Waals surface area contributed by atoms with Crippen LogP contribution in [0.5, 0.6) is 0 Å². The standard InChI is InChI=1S/C24H28N8O2S/c25-21(15-33)31-6-4-30(5-7-31)14-16-12-20-22(35-16)24(32-8-10-34-11-9-32)28-23(27-20)17-2-1-3-19-18(17)13-26-29-19/h1-3,12-13,15,21H,4-11,14,25H2,(H,26,29). The minimum Gasteiger partial charge on any atom is -0.378 e. The number of anilines is 1. The zero-order valence-corrected chi connectivity index (χ0v) is 20.2. The Morgan fingerprint density at radius 2 is 1.97 bits per heavy atom. The molecule has 2 fully saturated rings. The molecule has 0 amide bonds. The summed E-state index contributed by atoms with van der Waals surface area (Å²) in [6.45, 7) is 7.22. The van der Waals surface area contributed by atoms with Crippen molar-refractivity contribution in [3.8, 4) is 11.4 Å². The Bertz CT molecular complexity index is 1340. The first-order chi connectivity index (χ1) is 17.2. The number of benzene rings is 1. The topological polar surface area (TPSA) is 116 Å². The average molecular weight is 493 g/mol. The molecule has 11 heteroatoms. The van der Waals surface area contributed by atoms with Gasteiger partial charge in [-0.3, -0.25) is 14.9 Å². The molecule has 0 aliphatic carbocycles. The zero-order chi connectivity index (χ0) is 23.8. The van der Waals surface area contributed by atoms with Crippen molar-refractivity contribution in [3.05, 3.63) is 35.3 Å². The molecule has 0 spiro atoms. The van der Waals surface area contributed by atoms with Crippen LogP contribution in [0.2, 0.25) is 0 Å². The molecule has 0 radical (unpaired) electrons. The van der Waals surface area contributed by atoms with Crippen LogP contribution < -0.4 is 10.6 Å². The number of nitrogens with zero attached hydrogens (tertiary/aromatic N) is 6. The van der Waals surface area contributed by atoms with E-state index in [1.165, 1.54) is 4.88 Å². The van der Waals surface area contributed by atoms with Gasteiger partial charge < -0.3 is 20.2 Å². The molecule has 0 bridgehead atoms. The van der Waals surface area contributed by atoms with Crippen molar-refractivity contribution in [2.24, 2.45) is 5.73 Å². The van der Waals surface area contributed by atoms with Gasteiger partial charge in [-0.15, -0.1) is 11.3 Å². The predicted molar refractivity (Wildman–Crippen MR) is 136 cm³/mol. The molecular formula is C24H28N8O2S. The van der Waals surface area contributed by atoms with Gasteiger partial charge in [-0.05, 0) is 12.1 Å². The zero-order valence-electron chi connectivity index (χ0n) is 19.4. The number of thiophene rings is 1. The number of nitrogens with one attached hydrogen (secondary N) is 1. The molecule has 2 saturated heterocycles. The van der Waals surface area contributed by atoms with Crippen LogP contribution in [0, 0.1) is 0 Å². The summed E-state index contributed by atoms with van der Waals surface area (Å²) in [5.74, 6) is 1.69. The number of H-pyrrole nitrogens is 1. The maximum Gasteiger partial charge on any atom is 0.162 e. The molecule has 2 aliphatic rings. The smallest absolute Gasteiger partial charge is 0.162 e. The third-order valence-electron chi connectivity index (χ3n) is 6.79. The number of nitrogens with two attached hydrogens (primary N) is 1. The summed E-state index contributed by atoms with van der Waals surface area (Å²) >= 11 is 1.77. The first-order valence-electron chi connectivity index (χ1n) is 11.9. The highest BCUT2D eigenvalue weighted by Crippen LogP contribution is 2.36. The number of fused-ring (bicyclic) bond motifs is 2. The summed E-state index contributed by atoms with van der Waals surface area (Å²) in [6, 6.07) is 8.28. The summed E-state index contributed by atoms with van der Waals surface area (Å²) in [6.07, 6.45) is 2.14. The van der Waals surface area contributed by atoms with Crippen LogP contribution in [0.15, 0.2) is 30.5 Å². The number of ether oxygens (including phenoxy) is 1. The van der Waals surface area contributed by atoms with E-state index in [1.54, 1.807) is 11.3 Å². The molecule has 3 N–H and O–H groups in total. The van der Waals surface area contributed by atoms with Crippen LogP contribution >= 0.6 is 11.3 Å². The lowest BCUT2D eigenvalue weighted by molar-refractivity contribution is -0.113. The Morgan fingerprint density at radius 3 is 2.77 bits per heavy atom. The van der Waals surface area contributed by atoms with Crippen molar-refractivity contribution in [2.45, 2.75) is 12.7 Å². The van der Waals surface area contributed by atoms with E-state index in [2.05, 4.69) is 32.1 Å². The number of aldehydes is 1. The van der Waals surface area contributed by atoms with E-state index in [0.29, 0.717) is 19.0 Å². The van der Waals surface area contributed by atoms with E-state index in [1.807, 2.05) is 23.2 Å². The lowest BCUT2D eigenvalue weighted by Gasteiger charge is -2.35. The Kier molecular flexibility index (Phi) is 6.17. The number of piperazine rings is 1. The summed E-state index contributed by atoms with van der Waals surface area (Å²) in [4.78, 5) is 29.1. The number of carbonyl (C=O) groups is 1. The highest BCUT2D eigenvalue weighted by Gasteiger charge is 2.24. The van der Waals surface area contributed by atoms with Crippen LogP contribution in [0.25, 0.3) is 32.5 Å². The number of aromatic nitrogens is 4. The van der Waals surface area contributed by atoms with Crippen LogP contribution in [0.4, 0.5) is 5.82 Å². The molecule has 1 aromatic carbocycles. The fraction of sp³-hybridized carbons (Fsp3) is 0.417. The summed E-state index contributed by atoms with van der Waals surface area (Å²) in [5, 5.41) is 8.27. The van der Waals surface area contributed by atoms with Gasteiger partial charge >= 0.3 is 0 Å². The van der Waals surface area contributed by atoms with Crippen molar-refractivity contribution in [1.82, 2.24) is 30.0 Å². The quantitative estimate of drug-likeness (QED) is 0.388. The summed E-state index contributed by atoms with van der Waals surface area (Å²) < 4.78 is 6.72. The lowest BCUT2D eigenvalue weighted by Crippen LogP contribution is -2.53. The van der Waals surface area contributed by atoms with Crippen LogP contribution in [-0.2, 0) is 16.1 Å². The Labute approximate surface area is 206 Å². The van der Waals surface area contributed by atoms with Crippen molar-refractivity contribution >= 4 is 44.6 Å². The van der Waals surface area contributed by atoms with Gasteiger partial charge in [-0.1, -0.05) is 12.1 Å². The van der Waals surface area contributed by atoms with Gasteiger partial charge in [0.05, 0.1) is 35.1 Å². The highest BCUT2D eigenvalue weighted by molar-refractivity contribution is 7.19. The molecule has 1 atom stereocenters. The SMILES string of the molecule is NC(C=O)N1CCN(Cc2cc3nc(-c4cccc5[nH]ncc45)nc(N4CCOCC4)c3s2)CC1. The van der Waals surface area contributed by atoms with Crippen molar-refractivity contribution in [2.75, 3.05) is 57.4 Å². The van der Waals surface area contributed by atoms with Crippen molar-refractivity contribution < 1.29 is 9.53 Å². The molecule has 35 heavy (non-hydrogen) atoms. The van der Waals surface area contributed by atoms with Gasteiger partial charge in [-0.2, -0.15) is 5.10 Å². The fourth-order valence-electron chi connectivity index (χ4n) is 4.84. The normalized spacial score (nSPS) is 18.9. The van der Waals surface area contributed by atoms with E-state index < -0.39 is 6.17 Å². The molecule has 1 unspecified atom stereocenters. The number of hydrogen-bond donors (Lipinski definition) is 2. The second kappa shape index (κ2) is 9.59. The maximum atomic E-state index is 11.0. The predicted octanol–water partition coefficient (Wildman–Crippen LogP) is 1.67. The van der Waals surface area contributed by atoms with Gasteiger partial charge in [0.15, 0.2) is 17.9 Å². The van der Waals surface area contributed by atoms with E-state index in [0.717, 1.165) is 84.6 Å². The molecule has 3 aromatic heterocycles. The third kappa shape index (κ3) is 4.41. The monoisotopic (exact) mass is 492 g/mol. The number of rotatable bonds is 6. The number of aromatic amines is 1. The van der Waals surface area contributed by atoms with E-state index in [-0.39, 0.29) is 0 Å². The number of hydrogen-bond acceptors (Lipinski definition) is 10. The molecular weight excluding hydrogens is 464 g/mol. The number of morpholine rings is 1. The number of carbonyl (C=O) groups excluding carboxylic acids is 1. The molecule has 182 valence electrons. The van der Waals surface area contributed by atoms with Crippen LogP contribution in [0.3, 0.4) is 0 Å². The summed E-state index contributed by atoms with van der Waals surface area (Å²) in [7, 11) is 0. The third-order valence-corrected chi connectivity index (χ3v) is 7.89. The molecule has 4 aromatic rings. The van der Waals surface area contributed by atoms with Gasteiger partial charge in [0, 0.05) is 61.6 Å². The Hall–Kier alpha value is -2.96. The van der Waals surface area contributed by atoms with E-state index in [4.69, 9.17) is 20.4 Å². The maximum absolute atomic E-state index is 11.0. The Balaban J connectivity index is 1.34. The van der Waals surface area contributed by atoms with Gasteiger partial charge in [0.25, 0.3) is 0 Å². The highest BCUT2D eigenvalue weighted by atomic mass is 32.1. The second-order valence-electron chi connectivity index (χ2n) is 8.97. The summed E-state index contributed by atoms with van der Waals surface area (Å²) in [5.41, 5.74) is 8.80. The molecule has 0 saturated carbocycles. The molecule has 6 rings (SSSR count). The van der Waals surface area contributed by atoms with Gasteiger partial charge in [0.1, 0.15) is 6.17 Å². The van der Waals surface area contributed by atoms with Crippen molar-refractivity contribution in [3.63, 3.8) is 0 Å². The molecule has 10 nitrogen and oxygen atoms in total. The van der Waals surface area contributed by atoms with Crippen LogP contribution in [0.1, 0.15) is 4.88 Å². The first kappa shape index (κ1) is 22.5. The Morgan fingerprint density at radius 1 is 1.14 bits per heavy atom. The van der Waals surface area contributed by atoms with Gasteiger partial charge in [-0.25, -0.2) is 9.97 Å². The largest absolute Gasteiger partial charge is 0.378 e. The van der Waals surface area contributed by atoms with E-state index in [9.17, 15) is 4.79 Å². The van der Waals surface area contributed by atoms with Crippen molar-refractivity contribution in [1.29, 1.82) is 0 Å². The average Bonchev–Trinajstić information content (AvgIpc) is 3.55. The van der Waals surface area contributed by atoms with E-state index >= 15 is 0 Å². The lowest BCUT2D eigenvalue weighted by atomic mass is 10.1.